The van der Waals surface area contributed by atoms with Crippen LogP contribution in [0.2, 0.25) is 0 Å². The molecule has 0 bridgehead atoms. The topological polar surface area (TPSA) is 69.7 Å². The second-order valence-corrected chi connectivity index (χ2v) is 7.53. The number of ether oxygens (including phenoxy) is 1. The summed E-state index contributed by atoms with van der Waals surface area (Å²) in [6.45, 7) is 3.79. The van der Waals surface area contributed by atoms with Crippen molar-refractivity contribution in [1.29, 1.82) is 0 Å². The molecule has 0 N–H and O–H groups in total. The van der Waals surface area contributed by atoms with Gasteiger partial charge in [0.05, 0.1) is 17.1 Å². The lowest BCUT2D eigenvalue weighted by atomic mass is 9.79. The van der Waals surface area contributed by atoms with E-state index in [1.54, 1.807) is 12.1 Å². The van der Waals surface area contributed by atoms with Crippen molar-refractivity contribution in [3.05, 3.63) is 22.2 Å². The average molecular weight is 349 g/mol. The Morgan fingerprint density at radius 3 is 2.58 bits per heavy atom. The van der Waals surface area contributed by atoms with Gasteiger partial charge in [-0.1, -0.05) is 13.8 Å². The zero-order chi connectivity index (χ0) is 14.4. The summed E-state index contributed by atoms with van der Waals surface area (Å²) in [6, 6.07) is 3.14. The van der Waals surface area contributed by atoms with Crippen LogP contribution in [0.1, 0.15) is 25.8 Å². The smallest absolute Gasteiger partial charge is 0.312 e. The van der Waals surface area contributed by atoms with Crippen molar-refractivity contribution in [2.45, 2.75) is 25.7 Å². The van der Waals surface area contributed by atoms with Gasteiger partial charge in [-0.05, 0) is 28.1 Å². The fourth-order valence-electron chi connectivity index (χ4n) is 1.99. The number of halogens is 1. The third-order valence-corrected chi connectivity index (χ3v) is 3.92. The molecule has 5 nitrogen and oxygen atoms in total. The second-order valence-electron chi connectivity index (χ2n) is 5.10. The molecule has 1 heterocycles. The Labute approximate surface area is 120 Å². The van der Waals surface area contributed by atoms with E-state index in [0.29, 0.717) is 10.2 Å². The molecular formula is C12H13BrO5S. The molecule has 0 saturated heterocycles. The summed E-state index contributed by atoms with van der Waals surface area (Å²) in [5, 5.41) is 0. The lowest BCUT2D eigenvalue weighted by Gasteiger charge is -2.31. The molecule has 1 aliphatic heterocycles. The predicted octanol–water partition coefficient (Wildman–Crippen LogP) is 2.37. The molecule has 0 saturated carbocycles. The van der Waals surface area contributed by atoms with Crippen LogP contribution in [0.3, 0.4) is 0 Å². The van der Waals surface area contributed by atoms with Crippen molar-refractivity contribution in [3.63, 3.8) is 0 Å². The van der Waals surface area contributed by atoms with Crippen LogP contribution < -0.4 is 8.92 Å². The van der Waals surface area contributed by atoms with Crippen LogP contribution in [0.15, 0.2) is 16.6 Å². The lowest BCUT2D eigenvalue weighted by Crippen LogP contribution is -2.30. The standard InChI is InChI=1S/C12H13BrO5S/c1-12(2)6-11(14)17-9-5-8(13)10(4-7(9)12)18-19(3,15)16/h4-5H,6H2,1-3H3. The Morgan fingerprint density at radius 2 is 2.00 bits per heavy atom. The summed E-state index contributed by atoms with van der Waals surface area (Å²) in [5.41, 5.74) is 0.315. The molecule has 2 rings (SSSR count). The van der Waals surface area contributed by atoms with Gasteiger partial charge >= 0.3 is 16.1 Å². The van der Waals surface area contributed by atoms with Gasteiger partial charge in [-0.2, -0.15) is 8.42 Å². The minimum atomic E-state index is -3.61. The van der Waals surface area contributed by atoms with Gasteiger partial charge in [-0.15, -0.1) is 0 Å². The van der Waals surface area contributed by atoms with Crippen LogP contribution in [-0.2, 0) is 20.3 Å². The van der Waals surface area contributed by atoms with E-state index in [4.69, 9.17) is 8.92 Å². The monoisotopic (exact) mass is 348 g/mol. The molecule has 0 spiro atoms. The number of hydrogen-bond acceptors (Lipinski definition) is 5. The highest BCUT2D eigenvalue weighted by Crippen LogP contribution is 2.43. The highest BCUT2D eigenvalue weighted by atomic mass is 79.9. The van der Waals surface area contributed by atoms with Crippen molar-refractivity contribution < 1.29 is 22.1 Å². The van der Waals surface area contributed by atoms with Crippen molar-refractivity contribution in [2.75, 3.05) is 6.26 Å². The van der Waals surface area contributed by atoms with Gasteiger partial charge in [0.2, 0.25) is 0 Å². The first-order valence-corrected chi connectivity index (χ1v) is 8.14. The van der Waals surface area contributed by atoms with E-state index in [1.165, 1.54) is 0 Å². The third kappa shape index (κ3) is 3.09. The summed E-state index contributed by atoms with van der Waals surface area (Å²) in [5.74, 6) is 0.308. The fourth-order valence-corrected chi connectivity index (χ4v) is 2.96. The summed E-state index contributed by atoms with van der Waals surface area (Å²) in [6.07, 6.45) is 1.21. The van der Waals surface area contributed by atoms with Gasteiger partial charge in [0, 0.05) is 11.0 Å². The summed E-state index contributed by atoms with van der Waals surface area (Å²) in [7, 11) is -3.61. The zero-order valence-corrected chi connectivity index (χ0v) is 13.1. The van der Waals surface area contributed by atoms with Crippen LogP contribution >= 0.6 is 15.9 Å². The first-order chi connectivity index (χ1) is 8.58. The van der Waals surface area contributed by atoms with E-state index >= 15 is 0 Å². The van der Waals surface area contributed by atoms with Gasteiger partial charge in [-0.3, -0.25) is 4.79 Å². The van der Waals surface area contributed by atoms with Gasteiger partial charge in [0.1, 0.15) is 5.75 Å². The average Bonchev–Trinajstić information content (AvgIpc) is 2.17. The van der Waals surface area contributed by atoms with Crippen LogP contribution in [0.4, 0.5) is 0 Å². The van der Waals surface area contributed by atoms with Crippen molar-refractivity contribution in [3.8, 4) is 11.5 Å². The largest absolute Gasteiger partial charge is 0.426 e. The molecule has 0 aliphatic carbocycles. The molecule has 0 unspecified atom stereocenters. The predicted molar refractivity (Wildman–Crippen MR) is 72.9 cm³/mol. The maximum atomic E-state index is 11.5. The minimum absolute atomic E-state index is 0.187. The summed E-state index contributed by atoms with van der Waals surface area (Å²) < 4.78 is 32.9. The Bertz CT molecular complexity index is 648. The molecule has 0 amide bonds. The van der Waals surface area contributed by atoms with E-state index < -0.39 is 15.5 Å². The number of benzene rings is 1. The van der Waals surface area contributed by atoms with Crippen LogP contribution in [0, 0.1) is 0 Å². The molecule has 0 fully saturated rings. The van der Waals surface area contributed by atoms with E-state index in [9.17, 15) is 13.2 Å². The van der Waals surface area contributed by atoms with Gasteiger partial charge in [0.15, 0.2) is 5.75 Å². The van der Waals surface area contributed by atoms with E-state index in [1.807, 2.05) is 13.8 Å². The Balaban J connectivity index is 2.56. The van der Waals surface area contributed by atoms with Crippen LogP contribution in [0.25, 0.3) is 0 Å². The third-order valence-electron chi connectivity index (χ3n) is 2.81. The molecule has 104 valence electrons. The maximum absolute atomic E-state index is 11.5. The van der Waals surface area contributed by atoms with E-state index in [-0.39, 0.29) is 18.1 Å². The molecule has 7 heteroatoms. The Morgan fingerprint density at radius 1 is 1.37 bits per heavy atom. The second kappa shape index (κ2) is 4.49. The SMILES string of the molecule is CC1(C)CC(=O)Oc2cc(Br)c(OS(C)(=O)=O)cc21. The number of esters is 1. The molecule has 1 aromatic rings. The van der Waals surface area contributed by atoms with Gasteiger partial charge in [0.25, 0.3) is 0 Å². The minimum Gasteiger partial charge on any atom is -0.426 e. The molecule has 0 atom stereocenters. The molecule has 0 radical (unpaired) electrons. The fraction of sp³-hybridized carbons (Fsp3) is 0.417. The first kappa shape index (κ1) is 14.3. The number of fused-ring (bicyclic) bond motifs is 1. The van der Waals surface area contributed by atoms with Crippen LogP contribution in [0.5, 0.6) is 11.5 Å². The van der Waals surface area contributed by atoms with Gasteiger partial charge < -0.3 is 8.92 Å². The highest BCUT2D eigenvalue weighted by molar-refractivity contribution is 9.10. The van der Waals surface area contributed by atoms with E-state index in [2.05, 4.69) is 15.9 Å². The Kier molecular flexibility index (Phi) is 3.38. The van der Waals surface area contributed by atoms with E-state index in [0.717, 1.165) is 11.8 Å². The normalized spacial score (nSPS) is 17.6. The Hall–Kier alpha value is -1.08. The maximum Gasteiger partial charge on any atom is 0.312 e. The number of rotatable bonds is 2. The highest BCUT2D eigenvalue weighted by Gasteiger charge is 2.35. The summed E-state index contributed by atoms with van der Waals surface area (Å²) >= 11 is 3.20. The molecule has 1 aromatic carbocycles. The molecule has 19 heavy (non-hydrogen) atoms. The van der Waals surface area contributed by atoms with Gasteiger partial charge in [-0.25, -0.2) is 0 Å². The van der Waals surface area contributed by atoms with Crippen molar-refractivity contribution in [2.24, 2.45) is 0 Å². The van der Waals surface area contributed by atoms with Crippen LogP contribution in [-0.4, -0.2) is 20.6 Å². The molecular weight excluding hydrogens is 336 g/mol. The summed E-state index contributed by atoms with van der Waals surface area (Å²) in [4.78, 5) is 11.5. The van der Waals surface area contributed by atoms with Crippen molar-refractivity contribution in [1.82, 2.24) is 0 Å². The van der Waals surface area contributed by atoms with Crippen molar-refractivity contribution >= 4 is 32.0 Å². The zero-order valence-electron chi connectivity index (χ0n) is 10.7. The quantitative estimate of drug-likeness (QED) is 0.466. The molecule has 0 aromatic heterocycles. The number of carbonyl (C=O) groups excluding carboxylic acids is 1. The number of hydrogen-bond donors (Lipinski definition) is 0. The first-order valence-electron chi connectivity index (χ1n) is 5.53. The number of carbonyl (C=O) groups is 1. The lowest BCUT2D eigenvalue weighted by molar-refractivity contribution is -0.136. The molecule has 1 aliphatic rings.